The predicted octanol–water partition coefficient (Wildman–Crippen LogP) is 4.75. The second-order valence-corrected chi connectivity index (χ2v) is 12.4. The van der Waals surface area contributed by atoms with Crippen LogP contribution in [-0.2, 0) is 14.3 Å². The second kappa shape index (κ2) is 7.05. The summed E-state index contributed by atoms with van der Waals surface area (Å²) in [5, 5.41) is 0. The number of carbonyl (C=O) groups is 2. The number of hydrogen-bond donors (Lipinski definition) is 0. The molecule has 0 amide bonds. The van der Waals surface area contributed by atoms with Crippen molar-refractivity contribution in [2.45, 2.75) is 97.1 Å². The van der Waals surface area contributed by atoms with Gasteiger partial charge in [-0.05, 0) is 67.6 Å². The van der Waals surface area contributed by atoms with Crippen molar-refractivity contribution >= 4 is 11.8 Å². The largest absolute Gasteiger partial charge is 0.456 e. The van der Waals surface area contributed by atoms with E-state index in [4.69, 9.17) is 4.74 Å². The molecular weight excluding hydrogens is 374 g/mol. The van der Waals surface area contributed by atoms with Crippen LogP contribution in [0.2, 0.25) is 0 Å². The fourth-order valence-corrected chi connectivity index (χ4v) is 9.38. The first-order valence-electron chi connectivity index (χ1n) is 12.7. The molecule has 1 aliphatic heterocycles. The molecule has 0 bridgehead atoms. The van der Waals surface area contributed by atoms with Gasteiger partial charge in [-0.15, -0.1) is 0 Å². The number of ether oxygens (including phenoxy) is 1. The lowest BCUT2D eigenvalue weighted by Crippen LogP contribution is -2.64. The molecule has 0 aromatic carbocycles. The van der Waals surface area contributed by atoms with Gasteiger partial charge < -0.3 is 9.22 Å². The first kappa shape index (κ1) is 21.0. The number of nitrogens with zero attached hydrogens (tertiary/aromatic N) is 1. The van der Waals surface area contributed by atoms with Gasteiger partial charge in [0, 0.05) is 38.0 Å². The third-order valence-electron chi connectivity index (χ3n) is 11.1. The summed E-state index contributed by atoms with van der Waals surface area (Å²) in [6, 6.07) is 0.440. The van der Waals surface area contributed by atoms with E-state index in [0.717, 1.165) is 42.0 Å². The van der Waals surface area contributed by atoms with Gasteiger partial charge in [0.15, 0.2) is 6.10 Å². The number of Topliss-reactive ketones (excluding diaryl/α,β-unsaturated/α-hetero) is 1. The molecule has 4 heteroatoms. The number of likely N-dealkylation sites (tertiary alicyclic amines) is 1. The minimum absolute atomic E-state index is 0.0355. The lowest BCUT2D eigenvalue weighted by Gasteiger charge is -2.62. The summed E-state index contributed by atoms with van der Waals surface area (Å²) in [4.78, 5) is 24.7. The maximum atomic E-state index is 12.7. The van der Waals surface area contributed by atoms with E-state index < -0.39 is 0 Å². The Kier molecular flexibility index (Phi) is 4.93. The molecule has 5 rings (SSSR count). The molecule has 0 aromatic heterocycles. The Labute approximate surface area is 182 Å². The molecule has 0 aromatic rings. The van der Waals surface area contributed by atoms with Gasteiger partial charge in [0.05, 0.1) is 20.1 Å². The Morgan fingerprint density at radius 3 is 2.50 bits per heavy atom. The summed E-state index contributed by atoms with van der Waals surface area (Å²) < 4.78 is 7.11. The van der Waals surface area contributed by atoms with Crippen molar-refractivity contribution in [3.63, 3.8) is 0 Å². The van der Waals surface area contributed by atoms with Crippen LogP contribution in [0.3, 0.4) is 0 Å². The van der Waals surface area contributed by atoms with E-state index in [1.165, 1.54) is 51.6 Å². The first-order chi connectivity index (χ1) is 14.2. The van der Waals surface area contributed by atoms with Gasteiger partial charge in [-0.25, -0.2) is 0 Å². The zero-order chi connectivity index (χ0) is 21.3. The highest BCUT2D eigenvalue weighted by Crippen LogP contribution is 2.66. The SMILES string of the molecule is CC(=O)O[C@H]1C[C@@H]2CCC3C4CCC(=O)[C@@]4(C)CCC3[C@@]2(C)C[C@@H]1[N+]1(C)CCCC1. The van der Waals surface area contributed by atoms with Crippen molar-refractivity contribution in [2.24, 2.45) is 34.5 Å². The first-order valence-corrected chi connectivity index (χ1v) is 12.7. The number of ketones is 1. The molecule has 0 spiro atoms. The summed E-state index contributed by atoms with van der Waals surface area (Å²) >= 11 is 0. The van der Waals surface area contributed by atoms with Gasteiger partial charge in [0.25, 0.3) is 0 Å². The van der Waals surface area contributed by atoms with E-state index >= 15 is 0 Å². The van der Waals surface area contributed by atoms with Gasteiger partial charge in [0.1, 0.15) is 11.8 Å². The third-order valence-corrected chi connectivity index (χ3v) is 11.1. The molecule has 0 radical (unpaired) electrons. The topological polar surface area (TPSA) is 43.4 Å². The van der Waals surface area contributed by atoms with E-state index in [1.807, 2.05) is 0 Å². The van der Waals surface area contributed by atoms with Crippen molar-refractivity contribution in [2.75, 3.05) is 20.1 Å². The molecule has 4 nitrogen and oxygen atoms in total. The fourth-order valence-electron chi connectivity index (χ4n) is 9.38. The van der Waals surface area contributed by atoms with E-state index in [1.54, 1.807) is 6.92 Å². The van der Waals surface area contributed by atoms with E-state index in [9.17, 15) is 9.59 Å². The quantitative estimate of drug-likeness (QED) is 0.482. The second-order valence-electron chi connectivity index (χ2n) is 12.4. The molecule has 30 heavy (non-hydrogen) atoms. The monoisotopic (exact) mass is 416 g/mol. The number of likely N-dealkylation sites (N-methyl/N-ethyl adjacent to an activating group) is 1. The van der Waals surface area contributed by atoms with Crippen molar-refractivity contribution in [1.29, 1.82) is 0 Å². The van der Waals surface area contributed by atoms with E-state index in [-0.39, 0.29) is 17.5 Å². The van der Waals surface area contributed by atoms with Crippen molar-refractivity contribution in [1.82, 2.24) is 0 Å². The highest BCUT2D eigenvalue weighted by atomic mass is 16.5. The molecule has 1 heterocycles. The lowest BCUT2D eigenvalue weighted by molar-refractivity contribution is -0.927. The van der Waals surface area contributed by atoms with E-state index in [2.05, 4.69) is 20.9 Å². The van der Waals surface area contributed by atoms with Crippen LogP contribution in [0.1, 0.15) is 85.0 Å². The molecule has 3 unspecified atom stereocenters. The minimum atomic E-state index is -0.106. The van der Waals surface area contributed by atoms with Crippen molar-refractivity contribution in [3.8, 4) is 0 Å². The number of hydrogen-bond acceptors (Lipinski definition) is 3. The van der Waals surface area contributed by atoms with E-state index in [0.29, 0.717) is 29.1 Å². The number of esters is 1. The van der Waals surface area contributed by atoms with Crippen LogP contribution in [0.4, 0.5) is 0 Å². The molecule has 0 N–H and O–H groups in total. The third kappa shape index (κ3) is 2.95. The van der Waals surface area contributed by atoms with Crippen LogP contribution in [0, 0.1) is 34.5 Å². The van der Waals surface area contributed by atoms with Gasteiger partial charge in [0.2, 0.25) is 0 Å². The number of fused-ring (bicyclic) bond motifs is 5. The number of quaternary nitrogens is 1. The van der Waals surface area contributed by atoms with Gasteiger partial charge in [-0.2, -0.15) is 0 Å². The Balaban J connectivity index is 1.46. The average molecular weight is 417 g/mol. The van der Waals surface area contributed by atoms with Gasteiger partial charge >= 0.3 is 5.97 Å². The maximum Gasteiger partial charge on any atom is 0.303 e. The highest BCUT2D eigenvalue weighted by Gasteiger charge is 2.63. The lowest BCUT2D eigenvalue weighted by atomic mass is 9.44. The zero-order valence-electron chi connectivity index (χ0n) is 19.6. The van der Waals surface area contributed by atoms with Crippen LogP contribution < -0.4 is 0 Å². The van der Waals surface area contributed by atoms with Crippen LogP contribution in [0.5, 0.6) is 0 Å². The summed E-state index contributed by atoms with van der Waals surface area (Å²) in [5.74, 6) is 3.19. The Morgan fingerprint density at radius 2 is 1.80 bits per heavy atom. The van der Waals surface area contributed by atoms with Crippen molar-refractivity contribution < 1.29 is 18.8 Å². The molecule has 4 aliphatic carbocycles. The van der Waals surface area contributed by atoms with Crippen LogP contribution in [0.25, 0.3) is 0 Å². The summed E-state index contributed by atoms with van der Waals surface area (Å²) in [6.45, 7) is 8.92. The molecule has 4 saturated carbocycles. The summed E-state index contributed by atoms with van der Waals surface area (Å²) in [5.41, 5.74) is 0.299. The van der Waals surface area contributed by atoms with Crippen LogP contribution in [-0.4, -0.2) is 48.5 Å². The molecule has 8 atom stereocenters. The fraction of sp³-hybridized carbons (Fsp3) is 0.923. The summed E-state index contributed by atoms with van der Waals surface area (Å²) in [7, 11) is 2.42. The number of rotatable bonds is 2. The van der Waals surface area contributed by atoms with Gasteiger partial charge in [-0.1, -0.05) is 13.8 Å². The molecule has 168 valence electrons. The Bertz CT molecular complexity index is 728. The molecule has 5 aliphatic rings. The van der Waals surface area contributed by atoms with Crippen LogP contribution >= 0.6 is 0 Å². The highest BCUT2D eigenvalue weighted by molar-refractivity contribution is 5.87. The maximum absolute atomic E-state index is 12.7. The predicted molar refractivity (Wildman–Crippen MR) is 117 cm³/mol. The zero-order valence-corrected chi connectivity index (χ0v) is 19.6. The summed E-state index contributed by atoms with van der Waals surface area (Å²) in [6.07, 6.45) is 11.7. The van der Waals surface area contributed by atoms with Crippen molar-refractivity contribution in [3.05, 3.63) is 0 Å². The standard InChI is InChI=1S/C26H42NO3/c1-17(28)30-23-15-18-7-8-19-20-9-10-24(29)25(20,2)12-11-21(19)26(18,3)16-22(23)27(4)13-5-6-14-27/h18-23H,5-16H2,1-4H3/q+1/t18-,19?,20?,21?,22-,23-,25-,26-/m0/s1. The Morgan fingerprint density at radius 1 is 1.07 bits per heavy atom. The molecular formula is C26H42NO3+. The Hall–Kier alpha value is -0.900. The normalized spacial score (nSPS) is 49.8. The molecule has 5 fully saturated rings. The van der Waals surface area contributed by atoms with Gasteiger partial charge in [-0.3, -0.25) is 9.59 Å². The molecule has 1 saturated heterocycles. The average Bonchev–Trinajstić information content (AvgIpc) is 3.25. The van der Waals surface area contributed by atoms with Crippen LogP contribution in [0.15, 0.2) is 0 Å². The minimum Gasteiger partial charge on any atom is -0.456 e. The number of carbonyl (C=O) groups excluding carboxylic acids is 2. The smallest absolute Gasteiger partial charge is 0.303 e.